The highest BCUT2D eigenvalue weighted by Crippen LogP contribution is 2.17. The van der Waals surface area contributed by atoms with Crippen molar-refractivity contribution in [1.29, 1.82) is 0 Å². The van der Waals surface area contributed by atoms with Crippen molar-refractivity contribution in [2.45, 2.75) is 26.5 Å². The molecule has 0 saturated carbocycles. The molecule has 0 saturated heterocycles. The molecule has 0 bridgehead atoms. The van der Waals surface area contributed by atoms with Gasteiger partial charge in [-0.1, -0.05) is 48.0 Å². The fourth-order valence-electron chi connectivity index (χ4n) is 2.76. The lowest BCUT2D eigenvalue weighted by Gasteiger charge is -2.21. The van der Waals surface area contributed by atoms with Crippen LogP contribution in [0.4, 0.5) is 0 Å². The van der Waals surface area contributed by atoms with Crippen molar-refractivity contribution < 1.29 is 14.6 Å². The molecule has 6 heteroatoms. The van der Waals surface area contributed by atoms with Crippen molar-refractivity contribution in [2.24, 2.45) is 0 Å². The first-order valence-electron chi connectivity index (χ1n) is 9.19. The minimum Gasteiger partial charge on any atom is -0.486 e. The van der Waals surface area contributed by atoms with Gasteiger partial charge in [0, 0.05) is 18.5 Å². The zero-order valence-corrected chi connectivity index (χ0v) is 16.7. The average molecular weight is 397 g/mol. The highest BCUT2D eigenvalue weighted by atomic mass is 32.1. The van der Waals surface area contributed by atoms with Crippen LogP contribution >= 0.6 is 11.3 Å². The second-order valence-corrected chi connectivity index (χ2v) is 7.48. The van der Waals surface area contributed by atoms with Crippen LogP contribution in [0.5, 0.6) is 5.75 Å². The van der Waals surface area contributed by atoms with Crippen LogP contribution in [-0.2, 0) is 24.4 Å². The molecule has 0 unspecified atom stereocenters. The van der Waals surface area contributed by atoms with Gasteiger partial charge in [0.05, 0.1) is 18.7 Å². The number of hydrogen-bond acceptors (Lipinski definition) is 5. The third kappa shape index (κ3) is 5.90. The van der Waals surface area contributed by atoms with Crippen molar-refractivity contribution in [3.63, 3.8) is 0 Å². The molecule has 146 valence electrons. The number of aliphatic hydroxyl groups is 1. The number of benzene rings is 2. The summed E-state index contributed by atoms with van der Waals surface area (Å²) >= 11 is 1.49. The molecule has 1 amide bonds. The van der Waals surface area contributed by atoms with E-state index in [0.29, 0.717) is 19.7 Å². The third-order valence-corrected chi connectivity index (χ3v) is 5.12. The summed E-state index contributed by atoms with van der Waals surface area (Å²) in [5.74, 6) is 0.754. The van der Waals surface area contributed by atoms with Gasteiger partial charge in [0.2, 0.25) is 5.91 Å². The quantitative estimate of drug-likeness (QED) is 0.600. The minimum atomic E-state index is -0.0642. The van der Waals surface area contributed by atoms with Crippen LogP contribution in [0.1, 0.15) is 21.8 Å². The molecule has 28 heavy (non-hydrogen) atoms. The molecule has 0 radical (unpaired) electrons. The number of amides is 1. The molecule has 3 aromatic rings. The molecule has 0 fully saturated rings. The maximum absolute atomic E-state index is 12.7. The molecule has 1 aromatic heterocycles. The fraction of sp³-hybridized carbons (Fsp3) is 0.273. The third-order valence-electron chi connectivity index (χ3n) is 4.25. The number of nitrogens with zero attached hydrogens (tertiary/aromatic N) is 2. The molecule has 3 rings (SSSR count). The maximum atomic E-state index is 12.7. The Morgan fingerprint density at radius 3 is 2.61 bits per heavy atom. The lowest BCUT2D eigenvalue weighted by molar-refractivity contribution is -0.131. The number of rotatable bonds is 9. The summed E-state index contributed by atoms with van der Waals surface area (Å²) in [6, 6.07) is 17.6. The molecule has 1 N–H and O–H groups in total. The average Bonchev–Trinajstić information content (AvgIpc) is 3.15. The smallest absolute Gasteiger partial charge is 0.228 e. The zero-order chi connectivity index (χ0) is 19.8. The van der Waals surface area contributed by atoms with E-state index in [2.05, 4.69) is 4.98 Å². The van der Waals surface area contributed by atoms with Gasteiger partial charge in [-0.3, -0.25) is 4.79 Å². The van der Waals surface area contributed by atoms with E-state index in [1.165, 1.54) is 16.9 Å². The number of thiazole rings is 1. The summed E-state index contributed by atoms with van der Waals surface area (Å²) in [6.45, 7) is 3.14. The second kappa shape index (κ2) is 10.0. The van der Waals surface area contributed by atoms with E-state index in [1.54, 1.807) is 4.90 Å². The number of carbonyl (C=O) groups is 1. The van der Waals surface area contributed by atoms with Crippen LogP contribution in [0.3, 0.4) is 0 Å². The number of aliphatic hydroxyl groups excluding tert-OH is 1. The van der Waals surface area contributed by atoms with E-state index >= 15 is 0 Å². The topological polar surface area (TPSA) is 62.7 Å². The van der Waals surface area contributed by atoms with Crippen LogP contribution < -0.4 is 4.74 Å². The minimum absolute atomic E-state index is 0.0470. The Kier molecular flexibility index (Phi) is 7.17. The standard InChI is InChI=1S/C22H24N2O3S/c1-17-7-9-20(10-8-17)27-15-21-23-19(16-28-21)13-22(26)24(11-12-25)14-18-5-3-2-4-6-18/h2-10,16,25H,11-15H2,1H3. The number of carbonyl (C=O) groups excluding carboxylic acids is 1. The molecular weight excluding hydrogens is 372 g/mol. The van der Waals surface area contributed by atoms with Gasteiger partial charge in [-0.15, -0.1) is 11.3 Å². The van der Waals surface area contributed by atoms with Crippen molar-refractivity contribution in [3.8, 4) is 5.75 Å². The Balaban J connectivity index is 1.56. The zero-order valence-electron chi connectivity index (χ0n) is 15.9. The molecule has 0 aliphatic rings. The van der Waals surface area contributed by atoms with Crippen LogP contribution in [0, 0.1) is 6.92 Å². The summed E-state index contributed by atoms with van der Waals surface area (Å²) in [7, 11) is 0. The number of hydrogen-bond donors (Lipinski definition) is 1. The number of aryl methyl sites for hydroxylation is 1. The van der Waals surface area contributed by atoms with Crippen LogP contribution in [0.25, 0.3) is 0 Å². The highest BCUT2D eigenvalue weighted by Gasteiger charge is 2.16. The van der Waals surface area contributed by atoms with E-state index in [0.717, 1.165) is 22.0 Å². The summed E-state index contributed by atoms with van der Waals surface area (Å²) in [4.78, 5) is 18.9. The van der Waals surface area contributed by atoms with Gasteiger partial charge in [-0.05, 0) is 24.6 Å². The summed E-state index contributed by atoms with van der Waals surface area (Å²) < 4.78 is 5.75. The summed E-state index contributed by atoms with van der Waals surface area (Å²) in [5.41, 5.74) is 2.95. The Labute approximate surface area is 169 Å². The van der Waals surface area contributed by atoms with Crippen molar-refractivity contribution in [1.82, 2.24) is 9.88 Å². The van der Waals surface area contributed by atoms with Crippen molar-refractivity contribution in [2.75, 3.05) is 13.2 Å². The Bertz CT molecular complexity index is 878. The van der Waals surface area contributed by atoms with Crippen LogP contribution in [0.15, 0.2) is 60.0 Å². The van der Waals surface area contributed by atoms with E-state index in [-0.39, 0.29) is 18.9 Å². The molecule has 2 aromatic carbocycles. The molecule has 5 nitrogen and oxygen atoms in total. The van der Waals surface area contributed by atoms with Crippen molar-refractivity contribution >= 4 is 17.2 Å². The van der Waals surface area contributed by atoms with Gasteiger partial charge >= 0.3 is 0 Å². The molecule has 0 spiro atoms. The monoisotopic (exact) mass is 396 g/mol. The SMILES string of the molecule is Cc1ccc(OCc2nc(CC(=O)N(CCO)Cc3ccccc3)cs2)cc1. The Morgan fingerprint density at radius 1 is 1.14 bits per heavy atom. The van der Waals surface area contributed by atoms with Gasteiger partial charge in [0.15, 0.2) is 0 Å². The fourth-order valence-corrected chi connectivity index (χ4v) is 3.46. The van der Waals surface area contributed by atoms with Gasteiger partial charge in [-0.2, -0.15) is 0 Å². The molecule has 0 aliphatic heterocycles. The molecule has 1 heterocycles. The first kappa shape index (κ1) is 20.0. The summed E-state index contributed by atoms with van der Waals surface area (Å²) in [6.07, 6.45) is 0.216. The molecular formula is C22H24N2O3S. The van der Waals surface area contributed by atoms with Crippen molar-refractivity contribution in [3.05, 3.63) is 81.8 Å². The van der Waals surface area contributed by atoms with E-state index in [9.17, 15) is 9.90 Å². The summed E-state index contributed by atoms with van der Waals surface area (Å²) in [5, 5.41) is 12.0. The molecule has 0 atom stereocenters. The Morgan fingerprint density at radius 2 is 1.89 bits per heavy atom. The van der Waals surface area contributed by atoms with Gasteiger partial charge < -0.3 is 14.7 Å². The van der Waals surface area contributed by atoms with E-state index in [4.69, 9.17) is 4.74 Å². The molecule has 0 aliphatic carbocycles. The van der Waals surface area contributed by atoms with Crippen LogP contribution in [0.2, 0.25) is 0 Å². The maximum Gasteiger partial charge on any atom is 0.228 e. The second-order valence-electron chi connectivity index (χ2n) is 6.54. The first-order valence-corrected chi connectivity index (χ1v) is 10.1. The van der Waals surface area contributed by atoms with Gasteiger partial charge in [-0.25, -0.2) is 4.98 Å². The number of aromatic nitrogens is 1. The first-order chi connectivity index (χ1) is 13.6. The van der Waals surface area contributed by atoms with Gasteiger partial charge in [0.1, 0.15) is 17.4 Å². The normalized spacial score (nSPS) is 10.6. The van der Waals surface area contributed by atoms with Crippen LogP contribution in [-0.4, -0.2) is 34.0 Å². The lowest BCUT2D eigenvalue weighted by Crippen LogP contribution is -2.34. The predicted molar refractivity (Wildman–Crippen MR) is 110 cm³/mol. The lowest BCUT2D eigenvalue weighted by atomic mass is 10.2. The largest absolute Gasteiger partial charge is 0.486 e. The van der Waals surface area contributed by atoms with E-state index < -0.39 is 0 Å². The highest BCUT2D eigenvalue weighted by molar-refractivity contribution is 7.09. The van der Waals surface area contributed by atoms with Gasteiger partial charge in [0.25, 0.3) is 0 Å². The van der Waals surface area contributed by atoms with E-state index in [1.807, 2.05) is 66.9 Å². The number of ether oxygens (including phenoxy) is 1. The predicted octanol–water partition coefficient (Wildman–Crippen LogP) is 3.59. The Hall–Kier alpha value is -2.70.